The Bertz CT molecular complexity index is 524. The Labute approximate surface area is 129 Å². The summed E-state index contributed by atoms with van der Waals surface area (Å²) in [6.07, 6.45) is 0.306. The van der Waals surface area contributed by atoms with Crippen LogP contribution in [-0.2, 0) is 6.54 Å². The zero-order chi connectivity index (χ0) is 15.6. The molecule has 1 aromatic rings. The largest absolute Gasteiger partial charge is 0.392 e. The maximum absolute atomic E-state index is 11.1. The summed E-state index contributed by atoms with van der Waals surface area (Å²) in [6.45, 7) is 1.76. The molecule has 116 valence electrons. The standard InChI is InChI=1S/C14H20ClN3O3/c1-16(2)8-12-6-13(19)9-17(12)7-10-5-11(15)3-4-14(10)18(20)21/h3-5,12-13,19H,6-9H2,1-2H3. The molecule has 0 bridgehead atoms. The van der Waals surface area contributed by atoms with Gasteiger partial charge in [-0.05, 0) is 32.6 Å². The van der Waals surface area contributed by atoms with E-state index in [1.165, 1.54) is 12.1 Å². The third-order valence-corrected chi connectivity index (χ3v) is 3.93. The Morgan fingerprint density at radius 3 is 2.86 bits per heavy atom. The number of rotatable bonds is 5. The number of halogens is 1. The third-order valence-electron chi connectivity index (χ3n) is 3.69. The maximum Gasteiger partial charge on any atom is 0.273 e. The summed E-state index contributed by atoms with van der Waals surface area (Å²) in [5.74, 6) is 0. The van der Waals surface area contributed by atoms with Crippen LogP contribution in [0, 0.1) is 10.1 Å². The molecule has 0 spiro atoms. The second-order valence-electron chi connectivity index (χ2n) is 5.77. The molecule has 1 aliphatic rings. The Hall–Kier alpha value is -1.21. The number of hydrogen-bond acceptors (Lipinski definition) is 5. The molecule has 7 heteroatoms. The van der Waals surface area contributed by atoms with E-state index < -0.39 is 0 Å². The number of aliphatic hydroxyl groups is 1. The first-order chi connectivity index (χ1) is 9.86. The van der Waals surface area contributed by atoms with E-state index in [-0.39, 0.29) is 22.8 Å². The SMILES string of the molecule is CN(C)CC1CC(O)CN1Cc1cc(Cl)ccc1[N+](=O)[O-]. The van der Waals surface area contributed by atoms with Gasteiger partial charge in [0.05, 0.1) is 11.0 Å². The molecule has 2 rings (SSSR count). The van der Waals surface area contributed by atoms with Crippen LogP contribution < -0.4 is 0 Å². The average molecular weight is 314 g/mol. The highest BCUT2D eigenvalue weighted by molar-refractivity contribution is 6.30. The van der Waals surface area contributed by atoms with Gasteiger partial charge in [0.1, 0.15) is 0 Å². The van der Waals surface area contributed by atoms with E-state index in [0.29, 0.717) is 30.1 Å². The van der Waals surface area contributed by atoms with Crippen molar-refractivity contribution in [3.63, 3.8) is 0 Å². The summed E-state index contributed by atoms with van der Waals surface area (Å²) >= 11 is 5.96. The monoisotopic (exact) mass is 313 g/mol. The van der Waals surface area contributed by atoms with E-state index in [0.717, 1.165) is 6.54 Å². The molecule has 0 amide bonds. The van der Waals surface area contributed by atoms with E-state index in [1.54, 1.807) is 6.07 Å². The van der Waals surface area contributed by atoms with Gasteiger partial charge in [0.2, 0.25) is 0 Å². The highest BCUT2D eigenvalue weighted by Crippen LogP contribution is 2.27. The van der Waals surface area contributed by atoms with Crippen LogP contribution in [-0.4, -0.2) is 59.2 Å². The number of likely N-dealkylation sites (N-methyl/N-ethyl adjacent to an activating group) is 1. The zero-order valence-electron chi connectivity index (χ0n) is 12.2. The van der Waals surface area contributed by atoms with Crippen molar-refractivity contribution in [2.24, 2.45) is 0 Å². The van der Waals surface area contributed by atoms with Crippen molar-refractivity contribution in [2.75, 3.05) is 27.2 Å². The molecule has 1 heterocycles. The van der Waals surface area contributed by atoms with Crippen LogP contribution >= 0.6 is 11.6 Å². The first-order valence-corrected chi connectivity index (χ1v) is 7.24. The summed E-state index contributed by atoms with van der Waals surface area (Å²) in [5, 5.41) is 21.5. The van der Waals surface area contributed by atoms with Gasteiger partial charge in [-0.2, -0.15) is 0 Å². The Kier molecular flexibility index (Phi) is 5.16. The highest BCUT2D eigenvalue weighted by atomic mass is 35.5. The molecule has 1 N–H and O–H groups in total. The van der Waals surface area contributed by atoms with Crippen molar-refractivity contribution >= 4 is 17.3 Å². The molecule has 1 aromatic carbocycles. The molecule has 0 radical (unpaired) electrons. The number of aliphatic hydroxyl groups excluding tert-OH is 1. The van der Waals surface area contributed by atoms with Crippen molar-refractivity contribution in [3.8, 4) is 0 Å². The number of nitro benzene ring substituents is 1. The van der Waals surface area contributed by atoms with Gasteiger partial charge in [-0.3, -0.25) is 15.0 Å². The van der Waals surface area contributed by atoms with Gasteiger partial charge < -0.3 is 10.0 Å². The van der Waals surface area contributed by atoms with Crippen LogP contribution in [0.15, 0.2) is 18.2 Å². The minimum absolute atomic E-state index is 0.0735. The Balaban J connectivity index is 2.19. The molecule has 0 aliphatic carbocycles. The number of nitro groups is 1. The number of benzene rings is 1. The quantitative estimate of drug-likeness (QED) is 0.662. The first-order valence-electron chi connectivity index (χ1n) is 6.86. The van der Waals surface area contributed by atoms with Gasteiger partial charge >= 0.3 is 0 Å². The van der Waals surface area contributed by atoms with Crippen molar-refractivity contribution < 1.29 is 10.0 Å². The molecule has 0 aromatic heterocycles. The Morgan fingerprint density at radius 2 is 2.24 bits per heavy atom. The highest BCUT2D eigenvalue weighted by Gasteiger charge is 2.32. The van der Waals surface area contributed by atoms with Crippen LogP contribution in [0.3, 0.4) is 0 Å². The van der Waals surface area contributed by atoms with Gasteiger partial charge in [0, 0.05) is 42.3 Å². The van der Waals surface area contributed by atoms with E-state index in [9.17, 15) is 15.2 Å². The lowest BCUT2D eigenvalue weighted by Gasteiger charge is -2.26. The molecule has 1 fully saturated rings. The third kappa shape index (κ3) is 4.14. The van der Waals surface area contributed by atoms with Crippen molar-refractivity contribution in [2.45, 2.75) is 25.1 Å². The number of hydrogen-bond donors (Lipinski definition) is 1. The fraction of sp³-hybridized carbons (Fsp3) is 0.571. The van der Waals surface area contributed by atoms with Gasteiger partial charge in [0.15, 0.2) is 0 Å². The summed E-state index contributed by atoms with van der Waals surface area (Å²) in [7, 11) is 3.95. The van der Waals surface area contributed by atoms with Gasteiger partial charge in [0.25, 0.3) is 5.69 Å². The van der Waals surface area contributed by atoms with E-state index >= 15 is 0 Å². The maximum atomic E-state index is 11.1. The Morgan fingerprint density at radius 1 is 1.52 bits per heavy atom. The number of nitrogens with zero attached hydrogens (tertiary/aromatic N) is 3. The molecule has 1 aliphatic heterocycles. The fourth-order valence-corrected chi connectivity index (χ4v) is 3.03. The summed E-state index contributed by atoms with van der Waals surface area (Å²) in [6, 6.07) is 4.79. The second kappa shape index (κ2) is 6.70. The van der Waals surface area contributed by atoms with Gasteiger partial charge in [-0.1, -0.05) is 11.6 Å². The smallest absolute Gasteiger partial charge is 0.273 e. The predicted octanol–water partition coefficient (Wildman–Crippen LogP) is 1.74. The van der Waals surface area contributed by atoms with E-state index in [4.69, 9.17) is 11.6 Å². The van der Waals surface area contributed by atoms with Crippen LogP contribution in [0.4, 0.5) is 5.69 Å². The van der Waals surface area contributed by atoms with Crippen LogP contribution in [0.5, 0.6) is 0 Å². The molecular weight excluding hydrogens is 294 g/mol. The minimum atomic E-state index is -0.390. The van der Waals surface area contributed by atoms with E-state index in [1.807, 2.05) is 14.1 Å². The average Bonchev–Trinajstić information content (AvgIpc) is 2.68. The molecule has 2 atom stereocenters. The predicted molar refractivity (Wildman–Crippen MR) is 81.5 cm³/mol. The number of likely N-dealkylation sites (tertiary alicyclic amines) is 1. The molecule has 21 heavy (non-hydrogen) atoms. The van der Waals surface area contributed by atoms with Crippen molar-refractivity contribution in [1.29, 1.82) is 0 Å². The molecule has 1 saturated heterocycles. The lowest BCUT2D eigenvalue weighted by atomic mass is 10.1. The molecule has 2 unspecified atom stereocenters. The molecule has 6 nitrogen and oxygen atoms in total. The summed E-state index contributed by atoms with van der Waals surface area (Å²) < 4.78 is 0. The fourth-order valence-electron chi connectivity index (χ4n) is 2.84. The minimum Gasteiger partial charge on any atom is -0.392 e. The number of β-amino-alcohol motifs (C(OH)–C–C–N with tert-alkyl or cyclic N) is 1. The summed E-state index contributed by atoms with van der Waals surface area (Å²) in [4.78, 5) is 14.9. The van der Waals surface area contributed by atoms with Crippen LogP contribution in [0.25, 0.3) is 0 Å². The van der Waals surface area contributed by atoms with Crippen LogP contribution in [0.2, 0.25) is 5.02 Å². The molecule has 0 saturated carbocycles. The normalized spacial score (nSPS) is 22.9. The van der Waals surface area contributed by atoms with Crippen LogP contribution in [0.1, 0.15) is 12.0 Å². The second-order valence-corrected chi connectivity index (χ2v) is 6.20. The lowest BCUT2D eigenvalue weighted by molar-refractivity contribution is -0.385. The van der Waals surface area contributed by atoms with E-state index in [2.05, 4.69) is 9.80 Å². The first kappa shape index (κ1) is 16.2. The van der Waals surface area contributed by atoms with Gasteiger partial charge in [-0.15, -0.1) is 0 Å². The van der Waals surface area contributed by atoms with Crippen molar-refractivity contribution in [3.05, 3.63) is 38.9 Å². The summed E-state index contributed by atoms with van der Waals surface area (Å²) in [5.41, 5.74) is 0.662. The zero-order valence-corrected chi connectivity index (χ0v) is 13.0. The van der Waals surface area contributed by atoms with Gasteiger partial charge in [-0.25, -0.2) is 0 Å². The topological polar surface area (TPSA) is 69.8 Å². The lowest BCUT2D eigenvalue weighted by Crippen LogP contribution is -2.37. The molecular formula is C14H20ClN3O3. The van der Waals surface area contributed by atoms with Crippen molar-refractivity contribution in [1.82, 2.24) is 9.80 Å².